The van der Waals surface area contributed by atoms with E-state index in [0.29, 0.717) is 17.6 Å². The van der Waals surface area contributed by atoms with Gasteiger partial charge in [0.05, 0.1) is 38.8 Å². The van der Waals surface area contributed by atoms with Crippen LogP contribution < -0.4 is 0 Å². The van der Waals surface area contributed by atoms with Gasteiger partial charge in [0, 0.05) is 49.1 Å². The van der Waals surface area contributed by atoms with E-state index in [9.17, 15) is 0 Å². The zero-order chi connectivity index (χ0) is 37.5. The summed E-state index contributed by atoms with van der Waals surface area (Å²) in [6, 6.07) is 68.3. The summed E-state index contributed by atoms with van der Waals surface area (Å²) in [6.45, 7) is 0. The fraction of sp³-hybridized carbons (Fsp3) is 0. The molecule has 0 saturated heterocycles. The first-order valence-corrected chi connectivity index (χ1v) is 19.2. The molecule has 0 aliphatic heterocycles. The molecule has 4 aromatic heterocycles. The van der Waals surface area contributed by atoms with Gasteiger partial charge in [-0.2, -0.15) is 9.97 Å². The summed E-state index contributed by atoms with van der Waals surface area (Å²) in [4.78, 5) is 16.0. The average molecular weight is 729 g/mol. The Morgan fingerprint density at radius 1 is 0.316 bits per heavy atom. The lowest BCUT2D eigenvalue weighted by molar-refractivity contribution is 0.952. The van der Waals surface area contributed by atoms with Crippen LogP contribution in [0.25, 0.3) is 106 Å². The highest BCUT2D eigenvalue weighted by molar-refractivity contribution is 6.26. The van der Waals surface area contributed by atoms with Gasteiger partial charge in [-0.1, -0.05) is 140 Å². The van der Waals surface area contributed by atoms with Crippen molar-refractivity contribution in [1.29, 1.82) is 0 Å². The minimum absolute atomic E-state index is 0.559. The lowest BCUT2D eigenvalue weighted by Crippen LogP contribution is -2.07. The van der Waals surface area contributed by atoms with Crippen molar-refractivity contribution in [3.63, 3.8) is 0 Å². The molecule has 0 amide bonds. The largest absolute Gasteiger partial charge is 0.309 e. The summed E-state index contributed by atoms with van der Waals surface area (Å²) in [5.41, 5.74) is 10.6. The Morgan fingerprint density at radius 3 is 1.51 bits per heavy atom. The van der Waals surface area contributed by atoms with Crippen LogP contribution in [0.2, 0.25) is 0 Å². The second-order valence-electron chi connectivity index (χ2n) is 14.4. The maximum absolute atomic E-state index is 5.43. The highest BCUT2D eigenvalue weighted by atomic mass is 15.2. The Morgan fingerprint density at radius 2 is 0.825 bits per heavy atom. The summed E-state index contributed by atoms with van der Waals surface area (Å²) in [6.07, 6.45) is 0. The molecule has 57 heavy (non-hydrogen) atoms. The molecule has 0 spiro atoms. The van der Waals surface area contributed by atoms with Gasteiger partial charge in [0.1, 0.15) is 0 Å². The molecule has 8 aromatic carbocycles. The van der Waals surface area contributed by atoms with Crippen LogP contribution in [0.4, 0.5) is 0 Å². The van der Waals surface area contributed by atoms with Gasteiger partial charge in [0.2, 0.25) is 5.95 Å². The third-order valence-corrected chi connectivity index (χ3v) is 11.3. The van der Waals surface area contributed by atoms with Crippen LogP contribution in [0.5, 0.6) is 0 Å². The molecule has 6 heteroatoms. The molecule has 4 heterocycles. The van der Waals surface area contributed by atoms with Crippen LogP contribution in [-0.2, 0) is 0 Å². The van der Waals surface area contributed by atoms with E-state index < -0.39 is 0 Å². The Kier molecular flexibility index (Phi) is 6.83. The number of hydrogen-bond acceptors (Lipinski definition) is 3. The first-order valence-electron chi connectivity index (χ1n) is 19.2. The van der Waals surface area contributed by atoms with E-state index in [4.69, 9.17) is 15.0 Å². The molecule has 0 unspecified atom stereocenters. The number of para-hydroxylation sites is 6. The molecule has 0 saturated carbocycles. The molecule has 0 aliphatic rings. The van der Waals surface area contributed by atoms with Crippen molar-refractivity contribution in [3.05, 3.63) is 194 Å². The van der Waals surface area contributed by atoms with E-state index >= 15 is 0 Å². The van der Waals surface area contributed by atoms with E-state index in [1.807, 2.05) is 18.2 Å². The second-order valence-corrected chi connectivity index (χ2v) is 14.4. The van der Waals surface area contributed by atoms with Crippen LogP contribution >= 0.6 is 0 Å². The first-order chi connectivity index (χ1) is 28.3. The van der Waals surface area contributed by atoms with Gasteiger partial charge < -0.3 is 9.13 Å². The van der Waals surface area contributed by atoms with Crippen LogP contribution in [0, 0.1) is 0 Å². The lowest BCUT2D eigenvalue weighted by Gasteiger charge is -2.15. The zero-order valence-electron chi connectivity index (χ0n) is 30.7. The van der Waals surface area contributed by atoms with E-state index in [1.54, 1.807) is 0 Å². The van der Waals surface area contributed by atoms with Gasteiger partial charge in [-0.25, -0.2) is 4.98 Å². The van der Waals surface area contributed by atoms with Crippen LogP contribution in [0.15, 0.2) is 194 Å². The Labute approximate surface area is 327 Å². The van der Waals surface area contributed by atoms with Crippen molar-refractivity contribution < 1.29 is 0 Å². The number of rotatable bonds is 5. The first kappa shape index (κ1) is 31.5. The summed E-state index contributed by atoms with van der Waals surface area (Å²) in [7, 11) is 0. The van der Waals surface area contributed by atoms with Crippen LogP contribution in [0.3, 0.4) is 0 Å². The molecule has 12 aromatic rings. The standard InChI is InChI=1S/C51H32N6/c1-3-17-33(18-4-1)49-52-50(40-25-11-16-30-45(40)56-42-27-13-7-21-35(42)36-22-8-14-28-43(36)56)54-51(53-49)57-44-29-15-10-24-39(44)47-46(57)32-31-38-37-23-9-12-26-41(37)55(48(38)47)34-19-5-2-6-20-34/h1-32H. The molecule has 266 valence electrons. The summed E-state index contributed by atoms with van der Waals surface area (Å²) < 4.78 is 6.96. The van der Waals surface area contributed by atoms with Crippen molar-refractivity contribution in [2.45, 2.75) is 0 Å². The van der Waals surface area contributed by atoms with Crippen molar-refractivity contribution in [2.75, 3.05) is 0 Å². The molecule has 6 nitrogen and oxygen atoms in total. The molecule has 0 atom stereocenters. The third-order valence-electron chi connectivity index (χ3n) is 11.3. The Hall–Kier alpha value is -7.83. The normalized spacial score (nSPS) is 11.9. The summed E-state index contributed by atoms with van der Waals surface area (Å²) in [5.74, 6) is 1.77. The minimum Gasteiger partial charge on any atom is -0.309 e. The molecule has 0 bridgehead atoms. The Bertz CT molecular complexity index is 3470. The molecule has 0 aliphatic carbocycles. The number of hydrogen-bond donors (Lipinski definition) is 0. The lowest BCUT2D eigenvalue weighted by atomic mass is 10.1. The molecular weight excluding hydrogens is 697 g/mol. The second kappa shape index (κ2) is 12.3. The maximum atomic E-state index is 5.43. The molecular formula is C51H32N6. The molecule has 12 rings (SSSR count). The van der Waals surface area contributed by atoms with E-state index in [0.717, 1.165) is 60.9 Å². The topological polar surface area (TPSA) is 53.5 Å². The maximum Gasteiger partial charge on any atom is 0.238 e. The summed E-state index contributed by atoms with van der Waals surface area (Å²) >= 11 is 0. The quantitative estimate of drug-likeness (QED) is 0.177. The number of aromatic nitrogens is 6. The van der Waals surface area contributed by atoms with Crippen molar-refractivity contribution in [2.24, 2.45) is 0 Å². The average Bonchev–Trinajstić information content (AvgIpc) is 3.93. The van der Waals surface area contributed by atoms with E-state index in [-0.39, 0.29) is 0 Å². The minimum atomic E-state index is 0.559. The highest BCUT2D eigenvalue weighted by Gasteiger charge is 2.24. The molecule has 0 radical (unpaired) electrons. The van der Waals surface area contributed by atoms with Gasteiger partial charge in [-0.05, 0) is 54.6 Å². The number of benzene rings is 8. The smallest absolute Gasteiger partial charge is 0.238 e. The fourth-order valence-corrected chi connectivity index (χ4v) is 8.91. The van der Waals surface area contributed by atoms with Gasteiger partial charge >= 0.3 is 0 Å². The number of fused-ring (bicyclic) bond motifs is 10. The summed E-state index contributed by atoms with van der Waals surface area (Å²) in [5, 5.41) is 7.10. The van der Waals surface area contributed by atoms with E-state index in [1.165, 1.54) is 27.1 Å². The van der Waals surface area contributed by atoms with E-state index in [2.05, 4.69) is 190 Å². The van der Waals surface area contributed by atoms with Gasteiger partial charge in [-0.15, -0.1) is 0 Å². The van der Waals surface area contributed by atoms with Crippen molar-refractivity contribution in [3.8, 4) is 40.1 Å². The van der Waals surface area contributed by atoms with Gasteiger partial charge in [0.15, 0.2) is 11.6 Å². The predicted octanol–water partition coefficient (Wildman–Crippen LogP) is 12.5. The Balaban J connectivity index is 1.18. The molecule has 0 N–H and O–H groups in total. The monoisotopic (exact) mass is 728 g/mol. The highest BCUT2D eigenvalue weighted by Crippen LogP contribution is 2.42. The SMILES string of the molecule is c1ccc(-c2nc(-c3ccccc3-n3c4ccccc4c4ccccc43)nc(-n3c4ccccc4c4c3ccc3c5ccccc5n(-c5ccccc5)c34)n2)cc1. The van der Waals surface area contributed by atoms with Crippen molar-refractivity contribution in [1.82, 2.24) is 28.7 Å². The fourth-order valence-electron chi connectivity index (χ4n) is 8.91. The van der Waals surface area contributed by atoms with Crippen molar-refractivity contribution >= 4 is 65.4 Å². The van der Waals surface area contributed by atoms with Gasteiger partial charge in [-0.3, -0.25) is 4.57 Å². The number of nitrogens with zero attached hydrogens (tertiary/aromatic N) is 6. The third kappa shape index (κ3) is 4.68. The zero-order valence-corrected chi connectivity index (χ0v) is 30.7. The molecule has 0 fully saturated rings. The van der Waals surface area contributed by atoms with Crippen LogP contribution in [0.1, 0.15) is 0 Å². The van der Waals surface area contributed by atoms with Gasteiger partial charge in [0.25, 0.3) is 0 Å². The predicted molar refractivity (Wildman–Crippen MR) is 234 cm³/mol. The van der Waals surface area contributed by atoms with Crippen LogP contribution in [-0.4, -0.2) is 28.7 Å².